The van der Waals surface area contributed by atoms with Gasteiger partial charge in [0.05, 0.1) is 22.1 Å². The highest BCUT2D eigenvalue weighted by Crippen LogP contribution is 2.55. The number of hydrogen-bond acceptors (Lipinski definition) is 4. The maximum absolute atomic E-state index is 7.39. The molecule has 0 unspecified atom stereocenters. The number of hydrogen-bond donors (Lipinski definition) is 0. The maximum Gasteiger partial charge on any atom is 0.333 e. The third-order valence-corrected chi connectivity index (χ3v) is 17.8. The van der Waals surface area contributed by atoms with E-state index < -0.39 is 0 Å². The zero-order valence-electron chi connectivity index (χ0n) is 40.4. The first-order valence-corrected chi connectivity index (χ1v) is 25.5. The molecule has 6 heterocycles. The van der Waals surface area contributed by atoms with Crippen LogP contribution in [-0.2, 0) is 23.3 Å². The monoisotopic (exact) mass is 910 g/mol. The Labute approximate surface area is 405 Å². The zero-order chi connectivity index (χ0) is 46.6. The molecule has 12 aromatic rings. The first kappa shape index (κ1) is 39.9. The van der Waals surface area contributed by atoms with Crippen molar-refractivity contribution in [2.75, 3.05) is 4.81 Å². The molecule has 0 amide bonds. The van der Waals surface area contributed by atoms with Crippen LogP contribution in [0.15, 0.2) is 144 Å². The van der Waals surface area contributed by atoms with Gasteiger partial charge in [-0.25, -0.2) is 4.98 Å². The molecule has 4 aromatic heterocycles. The Kier molecular flexibility index (Phi) is 7.60. The number of para-hydroxylation sites is 1. The number of imidazole rings is 1. The average molecular weight is 911 g/mol. The summed E-state index contributed by atoms with van der Waals surface area (Å²) in [5.74, 6) is 0.964. The Bertz CT molecular complexity index is 4250. The predicted molar refractivity (Wildman–Crippen MR) is 294 cm³/mol. The lowest BCUT2D eigenvalue weighted by Gasteiger charge is -2.42. The van der Waals surface area contributed by atoms with Crippen LogP contribution in [-0.4, -0.2) is 21.0 Å². The van der Waals surface area contributed by atoms with Gasteiger partial charge in [-0.2, -0.15) is 0 Å². The van der Waals surface area contributed by atoms with Crippen molar-refractivity contribution in [2.24, 2.45) is 7.05 Å². The van der Waals surface area contributed by atoms with Crippen LogP contribution < -0.4 is 15.7 Å². The van der Waals surface area contributed by atoms with E-state index in [0.717, 1.165) is 51.8 Å². The highest BCUT2D eigenvalue weighted by atomic mass is 32.1. The van der Waals surface area contributed by atoms with Crippen LogP contribution in [0.4, 0.5) is 11.4 Å². The van der Waals surface area contributed by atoms with E-state index in [2.05, 4.69) is 209 Å². The molecule has 334 valence electrons. The number of nitrogens with zero attached hydrogens (tertiary/aromatic N) is 4. The van der Waals surface area contributed by atoms with Crippen molar-refractivity contribution in [1.82, 2.24) is 14.1 Å². The molecular formula is C62H51BN4OS. The van der Waals surface area contributed by atoms with Crippen LogP contribution >= 0.6 is 11.3 Å². The minimum atomic E-state index is -0.208. The van der Waals surface area contributed by atoms with Gasteiger partial charge in [-0.3, -0.25) is 0 Å². The summed E-state index contributed by atoms with van der Waals surface area (Å²) in [5.41, 5.74) is 20.4. The molecule has 0 atom stereocenters. The largest absolute Gasteiger partial charge is 0.455 e. The van der Waals surface area contributed by atoms with E-state index >= 15 is 0 Å². The minimum Gasteiger partial charge on any atom is -0.455 e. The van der Waals surface area contributed by atoms with Crippen molar-refractivity contribution >= 4 is 115 Å². The van der Waals surface area contributed by atoms with Gasteiger partial charge in [0.25, 0.3) is 0 Å². The molecule has 0 spiro atoms. The quantitative estimate of drug-likeness (QED) is 0.162. The van der Waals surface area contributed by atoms with E-state index in [9.17, 15) is 0 Å². The molecule has 0 fully saturated rings. The van der Waals surface area contributed by atoms with Gasteiger partial charge in [-0.1, -0.05) is 127 Å². The fourth-order valence-corrected chi connectivity index (χ4v) is 14.1. The SMILES string of the molecule is Cn1c(-c2ccccc2)nc2cc3c(cc21)-n1c2cc4c(cc2c2c5c(oc6ccccc65)c5c(c21)B3N(c1ccc(C(C)(C)C)cc1)c1cc2sc3ccccc3c2cc1-5)C(C)(C)CCC4(C)C. The highest BCUT2D eigenvalue weighted by molar-refractivity contribution is 7.25. The lowest BCUT2D eigenvalue weighted by Crippen LogP contribution is -2.60. The van der Waals surface area contributed by atoms with Gasteiger partial charge in [0.2, 0.25) is 0 Å². The molecule has 0 saturated carbocycles. The van der Waals surface area contributed by atoms with Gasteiger partial charge >= 0.3 is 6.85 Å². The molecule has 0 N–H and O–H groups in total. The van der Waals surface area contributed by atoms with E-state index in [0.29, 0.717) is 0 Å². The number of aromatic nitrogens is 3. The maximum atomic E-state index is 7.39. The van der Waals surface area contributed by atoms with Crippen molar-refractivity contribution in [2.45, 2.75) is 77.6 Å². The zero-order valence-corrected chi connectivity index (χ0v) is 41.2. The third-order valence-electron chi connectivity index (χ3n) is 16.7. The summed E-state index contributed by atoms with van der Waals surface area (Å²) >= 11 is 1.89. The first-order valence-electron chi connectivity index (χ1n) is 24.7. The molecule has 8 aromatic carbocycles. The molecule has 0 bridgehead atoms. The smallest absolute Gasteiger partial charge is 0.333 e. The highest BCUT2D eigenvalue weighted by Gasteiger charge is 2.47. The number of aryl methyl sites for hydroxylation is 1. The Morgan fingerprint density at radius 3 is 2.13 bits per heavy atom. The minimum absolute atomic E-state index is 0.00888. The second-order valence-electron chi connectivity index (χ2n) is 22.6. The molecule has 3 aliphatic rings. The molecule has 0 radical (unpaired) electrons. The average Bonchev–Trinajstić information content (AvgIpc) is 4.09. The van der Waals surface area contributed by atoms with Gasteiger partial charge < -0.3 is 18.4 Å². The van der Waals surface area contributed by atoms with E-state index in [1.165, 1.54) is 103 Å². The predicted octanol–water partition coefficient (Wildman–Crippen LogP) is 15.5. The molecule has 15 rings (SSSR count). The summed E-state index contributed by atoms with van der Waals surface area (Å²) in [6.45, 7) is 16.5. The third kappa shape index (κ3) is 5.19. The van der Waals surface area contributed by atoms with Gasteiger partial charge in [0, 0.05) is 82.5 Å². The van der Waals surface area contributed by atoms with Gasteiger partial charge in [0.1, 0.15) is 17.0 Å². The summed E-state index contributed by atoms with van der Waals surface area (Å²) in [4.78, 5) is 8.16. The Morgan fingerprint density at radius 1 is 0.652 bits per heavy atom. The first-order chi connectivity index (χ1) is 33.2. The van der Waals surface area contributed by atoms with E-state index in [1.54, 1.807) is 0 Å². The second kappa shape index (κ2) is 13.2. The Morgan fingerprint density at radius 2 is 1.36 bits per heavy atom. The number of rotatable bonds is 2. The van der Waals surface area contributed by atoms with Crippen molar-refractivity contribution in [3.63, 3.8) is 0 Å². The van der Waals surface area contributed by atoms with Crippen molar-refractivity contribution < 1.29 is 4.42 Å². The molecule has 69 heavy (non-hydrogen) atoms. The summed E-state index contributed by atoms with van der Waals surface area (Å²) in [5, 5.41) is 7.51. The molecule has 2 aliphatic heterocycles. The summed E-state index contributed by atoms with van der Waals surface area (Å²) in [6, 6.07) is 52.8. The summed E-state index contributed by atoms with van der Waals surface area (Å²) in [6.07, 6.45) is 2.29. The van der Waals surface area contributed by atoms with Crippen LogP contribution in [0.3, 0.4) is 0 Å². The lowest BCUT2D eigenvalue weighted by molar-refractivity contribution is 0.332. The number of anilines is 2. The molecule has 0 saturated heterocycles. The number of fused-ring (bicyclic) bond motifs is 18. The standard InChI is InChI=1S/C62H51BN4OS/c1-60(2,3)35-22-24-36(25-23-35)67-47-33-52-39(37-18-13-15-21-51(37)69-52)28-40(47)55-56-57-53(54-38-19-12-14-20-50(38)68-58(54)55)41-29-42-43(62(6,7)27-26-61(42,4)5)30-46(41)66(57)48-32-49-45(31-44(48)63(56)67)64-59(65(49)8)34-16-10-9-11-17-34/h9-25,28-33H,26-27H2,1-8H3. The Balaban J connectivity index is 1.19. The van der Waals surface area contributed by atoms with Crippen LogP contribution in [0, 0.1) is 0 Å². The van der Waals surface area contributed by atoms with Crippen molar-refractivity contribution in [1.29, 1.82) is 0 Å². The molecule has 1 aliphatic carbocycles. The van der Waals surface area contributed by atoms with Gasteiger partial charge in [-0.15, -0.1) is 11.3 Å². The summed E-state index contributed by atoms with van der Waals surface area (Å²) in [7, 11) is 2.18. The van der Waals surface area contributed by atoms with E-state index in [1.807, 2.05) is 11.3 Å². The fraction of sp³-hybridized carbons (Fsp3) is 0.210. The van der Waals surface area contributed by atoms with Crippen LogP contribution in [0.1, 0.15) is 78.0 Å². The molecular weight excluding hydrogens is 860 g/mol. The van der Waals surface area contributed by atoms with Crippen LogP contribution in [0.25, 0.3) is 103 Å². The normalized spacial score (nSPS) is 15.9. The molecule has 7 heteroatoms. The lowest BCUT2D eigenvalue weighted by atomic mass is 9.43. The van der Waals surface area contributed by atoms with Crippen LogP contribution in [0.5, 0.6) is 0 Å². The van der Waals surface area contributed by atoms with Crippen LogP contribution in [0.2, 0.25) is 0 Å². The number of furan rings is 1. The van der Waals surface area contributed by atoms with Crippen molar-refractivity contribution in [3.8, 4) is 28.2 Å². The van der Waals surface area contributed by atoms with Gasteiger partial charge in [-0.05, 0) is 117 Å². The second-order valence-corrected chi connectivity index (χ2v) is 23.7. The van der Waals surface area contributed by atoms with E-state index in [-0.39, 0.29) is 23.1 Å². The van der Waals surface area contributed by atoms with E-state index in [4.69, 9.17) is 9.40 Å². The number of benzene rings is 8. The Hall–Kier alpha value is -7.09. The fourth-order valence-electron chi connectivity index (χ4n) is 13.0. The summed E-state index contributed by atoms with van der Waals surface area (Å²) < 4.78 is 14.9. The topological polar surface area (TPSA) is 39.1 Å². The van der Waals surface area contributed by atoms with Gasteiger partial charge in [0.15, 0.2) is 0 Å². The number of thiophene rings is 1. The van der Waals surface area contributed by atoms with Crippen molar-refractivity contribution in [3.05, 3.63) is 156 Å². The molecule has 5 nitrogen and oxygen atoms in total.